The monoisotopic (exact) mass is 1030 g/mol. The number of ether oxygens (including phenoxy) is 3. The van der Waals surface area contributed by atoms with Gasteiger partial charge in [-0.1, -0.05) is 39.8 Å². The number of nitrogens with one attached hydrogen (secondary N) is 2. The van der Waals surface area contributed by atoms with E-state index in [9.17, 15) is 30.4 Å². The van der Waals surface area contributed by atoms with Crippen LogP contribution in [-0.2, 0) is 33.1 Å². The van der Waals surface area contributed by atoms with Gasteiger partial charge >= 0.3 is 6.03 Å². The molecule has 380 valence electrons. The summed E-state index contributed by atoms with van der Waals surface area (Å²) in [7, 11) is -4.30. The molecule has 2 aliphatic heterocycles. The smallest absolute Gasteiger partial charge is 0.332 e. The largest absolute Gasteiger partial charge is 0.481 e. The van der Waals surface area contributed by atoms with E-state index in [4.69, 9.17) is 24.6 Å². The first-order valence-electron chi connectivity index (χ1n) is 22.6. The number of halogens is 2. The Morgan fingerprint density at radius 3 is 1.68 bits per heavy atom. The lowest BCUT2D eigenvalue weighted by Crippen LogP contribution is -2.58. The van der Waals surface area contributed by atoms with Gasteiger partial charge in [0.15, 0.2) is 5.75 Å². The normalized spacial score (nSPS) is 14.1. The number of likely N-dealkylation sites (tertiary alicyclic amines) is 2. The first kappa shape index (κ1) is 54.2. The number of nitrogens with two attached hydrogens (primary N) is 1. The topological polar surface area (TPSA) is 245 Å². The number of rotatable bonds is 15. The Kier molecular flexibility index (Phi) is 18.3. The molecule has 4 N–H and O–H groups in total. The standard InChI is InChI=1S/C25H28FN5O4S.C16H15FN2O2.C9H13N3O2S/c1-16(2)21-10-19(26)11-22(18-6-8-28-23(9-18)35-3)24(21)29-25(32)30-36(33,34)20-14-31(15-20)13-17-5-4-7-27-12-17;1-10(2)13-7-12(17)8-14(16(13)21-9-18)11-4-5-19-15(6-11)20-3;10-15(13,14)9-6-12(7-9)5-8-2-1-3-11-4-8/h4-12,16,20H,13-15H2,1-3H3,(H2,29,30,32);4-8,10H,1-3H3;1-4,9H,5-7H2,(H2,10,13,14). The fourth-order valence-corrected chi connectivity index (χ4v) is 9.93. The van der Waals surface area contributed by atoms with Gasteiger partial charge in [-0.25, -0.2) is 50.2 Å². The fraction of sp³-hybridized carbons (Fsp3) is 0.320. The summed E-state index contributed by atoms with van der Waals surface area (Å²) in [4.78, 5) is 33.0. The van der Waals surface area contributed by atoms with Crippen LogP contribution in [-0.4, -0.2) is 104 Å². The van der Waals surface area contributed by atoms with Gasteiger partial charge in [-0.2, -0.15) is 0 Å². The second kappa shape index (κ2) is 24.3. The molecule has 18 nitrogen and oxygen atoms in total. The Morgan fingerprint density at radius 1 is 0.736 bits per heavy atom. The van der Waals surface area contributed by atoms with Crippen molar-refractivity contribution in [2.45, 2.75) is 63.1 Å². The maximum Gasteiger partial charge on any atom is 0.332 e. The lowest BCUT2D eigenvalue weighted by Gasteiger charge is -2.38. The molecule has 0 atom stereocenters. The van der Waals surface area contributed by atoms with E-state index in [0.29, 0.717) is 89.3 Å². The Hall–Kier alpha value is -7.16. The van der Waals surface area contributed by atoms with Gasteiger partial charge in [0.25, 0.3) is 6.26 Å². The Morgan fingerprint density at radius 2 is 1.22 bits per heavy atom. The molecule has 0 saturated carbocycles. The van der Waals surface area contributed by atoms with Crippen LogP contribution >= 0.6 is 0 Å². The van der Waals surface area contributed by atoms with E-state index >= 15 is 0 Å². The molecule has 0 unspecified atom stereocenters. The zero-order chi connectivity index (χ0) is 52.2. The maximum atomic E-state index is 14.5. The van der Waals surface area contributed by atoms with Gasteiger partial charge in [0.1, 0.15) is 22.1 Å². The molecule has 2 aliphatic rings. The summed E-state index contributed by atoms with van der Waals surface area (Å²) in [5.41, 5.74) is 5.68. The average molecular weight is 1030 g/mol. The van der Waals surface area contributed by atoms with Crippen molar-refractivity contribution in [1.29, 1.82) is 5.26 Å². The van der Waals surface area contributed by atoms with Crippen molar-refractivity contribution in [1.82, 2.24) is 34.5 Å². The van der Waals surface area contributed by atoms with Crippen molar-refractivity contribution in [2.75, 3.05) is 45.7 Å². The number of amides is 2. The van der Waals surface area contributed by atoms with Crippen molar-refractivity contribution < 1.29 is 44.6 Å². The van der Waals surface area contributed by atoms with Crippen LogP contribution in [0.1, 0.15) is 61.8 Å². The van der Waals surface area contributed by atoms with Crippen molar-refractivity contribution in [3.05, 3.63) is 144 Å². The van der Waals surface area contributed by atoms with Crippen molar-refractivity contribution in [2.24, 2.45) is 5.14 Å². The lowest BCUT2D eigenvalue weighted by molar-refractivity contribution is 0.175. The molecule has 2 saturated heterocycles. The molecule has 2 fully saturated rings. The lowest BCUT2D eigenvalue weighted by atomic mass is 9.94. The number of hydrogen-bond acceptors (Lipinski definition) is 15. The van der Waals surface area contributed by atoms with Crippen molar-refractivity contribution >= 4 is 31.8 Å². The molecule has 22 heteroatoms. The van der Waals surface area contributed by atoms with Gasteiger partial charge < -0.3 is 19.5 Å². The minimum Gasteiger partial charge on any atom is -0.481 e. The predicted octanol–water partition coefficient (Wildman–Crippen LogP) is 7.18. The Bertz CT molecular complexity index is 3080. The highest BCUT2D eigenvalue weighted by molar-refractivity contribution is 7.90. The number of sulfonamides is 2. The van der Waals surface area contributed by atoms with Crippen LogP contribution in [0.3, 0.4) is 0 Å². The summed E-state index contributed by atoms with van der Waals surface area (Å²) < 4.78 is 93.4. The summed E-state index contributed by atoms with van der Waals surface area (Å²) in [5.74, 6) is 0.102. The highest BCUT2D eigenvalue weighted by Crippen LogP contribution is 2.39. The van der Waals surface area contributed by atoms with Gasteiger partial charge in [0.2, 0.25) is 31.8 Å². The molecule has 2 aromatic carbocycles. The molecular weight excluding hydrogens is 971 g/mol. The second-order valence-electron chi connectivity index (χ2n) is 17.5. The molecule has 0 bridgehead atoms. The summed E-state index contributed by atoms with van der Waals surface area (Å²) in [6.07, 6.45) is 11.6. The molecule has 8 rings (SSSR count). The molecule has 6 aromatic rings. The second-order valence-corrected chi connectivity index (χ2v) is 21.3. The summed E-state index contributed by atoms with van der Waals surface area (Å²) in [6.45, 7) is 10.5. The number of primary sulfonamides is 1. The molecule has 2 amide bonds. The number of hydrogen-bond donors (Lipinski definition) is 3. The molecule has 4 aromatic heterocycles. The number of nitrogens with zero attached hydrogens (tertiary/aromatic N) is 7. The van der Waals surface area contributed by atoms with E-state index in [0.717, 1.165) is 17.7 Å². The number of carbonyl (C=O) groups excluding carboxylic acids is 1. The first-order valence-corrected chi connectivity index (χ1v) is 25.7. The molecule has 0 radical (unpaired) electrons. The van der Waals surface area contributed by atoms with Gasteiger partial charge in [-0.05, 0) is 88.2 Å². The minimum atomic E-state index is -3.92. The molecule has 0 aliphatic carbocycles. The fourth-order valence-electron chi connectivity index (χ4n) is 7.80. The SMILES string of the molecule is COc1cc(-c2cc(F)cc(C(C)C)c2NC(=O)NS(=O)(=O)C2CN(Cc3cccnc3)C2)ccn1.COc1cc(-c2cc(F)cc(C(C)C)c2OC#N)ccn1.NS(=O)(=O)C1CN(Cc2cccnc2)C1. The predicted molar refractivity (Wildman–Crippen MR) is 268 cm³/mol. The third-order valence-corrected chi connectivity index (χ3v) is 14.5. The van der Waals surface area contributed by atoms with Crippen LogP contribution < -0.4 is 29.4 Å². The maximum absolute atomic E-state index is 14.5. The van der Waals surface area contributed by atoms with Gasteiger partial charge in [-0.15, -0.1) is 5.26 Å². The van der Waals surface area contributed by atoms with E-state index in [1.54, 1.807) is 61.5 Å². The van der Waals surface area contributed by atoms with Crippen LogP contribution in [0.15, 0.2) is 110 Å². The first-order chi connectivity index (χ1) is 34.3. The Labute approximate surface area is 418 Å². The number of urea groups is 1. The van der Waals surface area contributed by atoms with Crippen LogP contribution in [0.4, 0.5) is 19.3 Å². The number of carbonyl (C=O) groups is 1. The number of pyridine rings is 4. The molecule has 0 spiro atoms. The quantitative estimate of drug-likeness (QED) is 0.0862. The van der Waals surface area contributed by atoms with E-state index in [2.05, 4.69) is 30.0 Å². The van der Waals surface area contributed by atoms with E-state index in [1.807, 2.05) is 61.8 Å². The molecular formula is C50H56F2N10O8S2. The van der Waals surface area contributed by atoms with Gasteiger partial charge in [-0.3, -0.25) is 19.8 Å². The van der Waals surface area contributed by atoms with E-state index in [1.165, 1.54) is 44.7 Å². The number of methoxy groups -OCH3 is 2. The third-order valence-electron chi connectivity index (χ3n) is 11.6. The number of benzene rings is 2. The minimum absolute atomic E-state index is 0.0199. The molecule has 6 heterocycles. The highest BCUT2D eigenvalue weighted by Gasteiger charge is 2.38. The van der Waals surface area contributed by atoms with Crippen molar-refractivity contribution in [3.8, 4) is 46.0 Å². The summed E-state index contributed by atoms with van der Waals surface area (Å²) in [5, 5.41) is 15.4. The van der Waals surface area contributed by atoms with Gasteiger partial charge in [0, 0.05) is 105 Å². The molecule has 72 heavy (non-hydrogen) atoms. The van der Waals surface area contributed by atoms with Crippen molar-refractivity contribution in [3.63, 3.8) is 0 Å². The van der Waals surface area contributed by atoms with Gasteiger partial charge in [0.05, 0.1) is 19.9 Å². The summed E-state index contributed by atoms with van der Waals surface area (Å²) >= 11 is 0. The number of anilines is 1. The van der Waals surface area contributed by atoms with E-state index in [-0.39, 0.29) is 17.7 Å². The Balaban J connectivity index is 0.000000197. The number of nitriles is 1. The zero-order valence-electron chi connectivity index (χ0n) is 40.5. The van der Waals surface area contributed by atoms with Crippen LogP contribution in [0.5, 0.6) is 17.5 Å². The van der Waals surface area contributed by atoms with Crippen LogP contribution in [0, 0.1) is 23.2 Å². The average Bonchev–Trinajstić information content (AvgIpc) is 3.32. The summed E-state index contributed by atoms with van der Waals surface area (Å²) in [6, 6.07) is 18.7. The van der Waals surface area contributed by atoms with E-state index < -0.39 is 42.4 Å². The highest BCUT2D eigenvalue weighted by atomic mass is 32.2. The third kappa shape index (κ3) is 14.5. The van der Waals surface area contributed by atoms with Crippen LogP contribution in [0.2, 0.25) is 0 Å². The zero-order valence-corrected chi connectivity index (χ0v) is 42.1. The number of aromatic nitrogens is 4. The van der Waals surface area contributed by atoms with Crippen LogP contribution in [0.25, 0.3) is 22.3 Å².